The Bertz CT molecular complexity index is 1500. The Hall–Kier alpha value is -3.78. The zero-order valence-corrected chi connectivity index (χ0v) is 24.2. The molecule has 0 bridgehead atoms. The first kappa shape index (κ1) is 30.2. The number of Topliss-reactive ketones (excluding diaryl/α,β-unsaturated/α-hetero) is 1. The lowest BCUT2D eigenvalue weighted by Crippen LogP contribution is -2.30. The molecule has 11 nitrogen and oxygen atoms in total. The van der Waals surface area contributed by atoms with Crippen LogP contribution in [-0.2, 0) is 19.4 Å². The number of aromatic nitrogens is 1. The molecule has 0 unspecified atom stereocenters. The van der Waals surface area contributed by atoms with Crippen molar-refractivity contribution in [3.63, 3.8) is 0 Å². The van der Waals surface area contributed by atoms with Crippen molar-refractivity contribution in [2.45, 2.75) is 26.2 Å². The summed E-state index contributed by atoms with van der Waals surface area (Å²) >= 11 is 1.26. The topological polar surface area (TPSA) is 142 Å². The van der Waals surface area contributed by atoms with Gasteiger partial charge in [-0.1, -0.05) is 41.7 Å². The largest absolute Gasteiger partial charge is 0.397 e. The summed E-state index contributed by atoms with van der Waals surface area (Å²) in [4.78, 5) is 34.3. The third kappa shape index (κ3) is 8.60. The highest BCUT2D eigenvalue weighted by atomic mass is 32.3. The van der Waals surface area contributed by atoms with Crippen molar-refractivity contribution in [1.29, 1.82) is 0 Å². The standard InChI is InChI=1S/C28H31N5O6S2/c1-2-32(17-18-39-41(36,37)38)24-13-11-23(12-14-24)30-31-28-29-27(33-15-7-4-8-16-33)25(40-28)19-22(20-34)26(35)21-9-5-3-6-10-21/h3,5-6,9-14,19-20H,2,4,7-8,15-18H2,1H3,(H,36,37,38)/b22-19-,31-30+. The van der Waals surface area contributed by atoms with E-state index < -0.39 is 10.4 Å². The number of azo groups is 1. The fourth-order valence-electron chi connectivity index (χ4n) is 4.39. The van der Waals surface area contributed by atoms with Gasteiger partial charge in [0.15, 0.2) is 12.1 Å². The third-order valence-electron chi connectivity index (χ3n) is 6.43. The minimum Gasteiger partial charge on any atom is -0.369 e. The van der Waals surface area contributed by atoms with Gasteiger partial charge in [0.1, 0.15) is 5.82 Å². The number of ketones is 1. The number of thiazole rings is 1. The number of aldehydes is 1. The molecule has 2 aromatic carbocycles. The molecule has 0 saturated carbocycles. The summed E-state index contributed by atoms with van der Waals surface area (Å²) in [7, 11) is -4.48. The van der Waals surface area contributed by atoms with Crippen LogP contribution in [0.25, 0.3) is 6.08 Å². The first-order valence-corrected chi connectivity index (χ1v) is 15.4. The molecule has 4 rings (SSSR count). The number of anilines is 2. The minimum atomic E-state index is -4.48. The second-order valence-corrected chi connectivity index (χ2v) is 11.3. The molecule has 1 fully saturated rings. The normalized spacial score (nSPS) is 14.4. The van der Waals surface area contributed by atoms with E-state index in [2.05, 4.69) is 19.3 Å². The fourth-order valence-corrected chi connectivity index (χ4v) is 5.53. The Balaban J connectivity index is 1.54. The average molecular weight is 598 g/mol. The number of carbonyl (C=O) groups is 2. The number of hydrogen-bond acceptors (Lipinski definition) is 11. The zero-order valence-electron chi connectivity index (χ0n) is 22.5. The van der Waals surface area contributed by atoms with E-state index in [-0.39, 0.29) is 24.5 Å². The molecular weight excluding hydrogens is 566 g/mol. The van der Waals surface area contributed by atoms with Crippen LogP contribution in [-0.4, -0.2) is 62.8 Å². The Morgan fingerprint density at radius 2 is 1.80 bits per heavy atom. The molecule has 3 aromatic rings. The van der Waals surface area contributed by atoms with Crippen LogP contribution in [0.3, 0.4) is 0 Å². The molecular formula is C28H31N5O6S2. The van der Waals surface area contributed by atoms with E-state index in [0.29, 0.717) is 39.9 Å². The summed E-state index contributed by atoms with van der Waals surface area (Å²) in [5, 5.41) is 9.05. The number of allylic oxidation sites excluding steroid dienone is 1. The predicted octanol–water partition coefficient (Wildman–Crippen LogP) is 5.66. The van der Waals surface area contributed by atoms with Crippen molar-refractivity contribution in [1.82, 2.24) is 4.98 Å². The third-order valence-corrected chi connectivity index (χ3v) is 7.77. The van der Waals surface area contributed by atoms with E-state index in [1.807, 2.05) is 30.0 Å². The van der Waals surface area contributed by atoms with Gasteiger partial charge in [0.25, 0.3) is 0 Å². The maximum Gasteiger partial charge on any atom is 0.397 e. The average Bonchev–Trinajstić information content (AvgIpc) is 3.40. The monoisotopic (exact) mass is 597 g/mol. The number of rotatable bonds is 13. The van der Waals surface area contributed by atoms with Crippen molar-refractivity contribution >= 4 is 62.2 Å². The number of carbonyl (C=O) groups excluding carboxylic acids is 2. The van der Waals surface area contributed by atoms with Gasteiger partial charge >= 0.3 is 10.4 Å². The molecule has 1 N–H and O–H groups in total. The van der Waals surface area contributed by atoms with Crippen LogP contribution in [0.5, 0.6) is 0 Å². The second kappa shape index (κ2) is 14.2. The highest BCUT2D eigenvalue weighted by Crippen LogP contribution is 2.36. The molecule has 2 heterocycles. The Morgan fingerprint density at radius 1 is 1.10 bits per heavy atom. The lowest BCUT2D eigenvalue weighted by molar-refractivity contribution is -0.104. The number of nitrogens with zero attached hydrogens (tertiary/aromatic N) is 5. The van der Waals surface area contributed by atoms with Gasteiger partial charge in [-0.25, -0.2) is 4.18 Å². The molecule has 0 radical (unpaired) electrons. The molecule has 41 heavy (non-hydrogen) atoms. The van der Waals surface area contributed by atoms with Crippen LogP contribution in [0.15, 0.2) is 70.4 Å². The van der Waals surface area contributed by atoms with Crippen LogP contribution >= 0.6 is 11.3 Å². The first-order chi connectivity index (χ1) is 19.8. The number of piperidine rings is 1. The van der Waals surface area contributed by atoms with Crippen LogP contribution in [0.1, 0.15) is 41.4 Å². The number of benzene rings is 2. The summed E-state index contributed by atoms with van der Waals surface area (Å²) < 4.78 is 34.8. The molecule has 1 aliphatic rings. The van der Waals surface area contributed by atoms with Crippen LogP contribution in [0, 0.1) is 0 Å². The lowest BCUT2D eigenvalue weighted by atomic mass is 10.0. The number of hydrogen-bond donors (Lipinski definition) is 1. The number of likely N-dealkylation sites (N-methyl/N-ethyl adjacent to an activating group) is 1. The van der Waals surface area contributed by atoms with Crippen LogP contribution < -0.4 is 9.80 Å². The molecule has 1 saturated heterocycles. The van der Waals surface area contributed by atoms with E-state index in [0.717, 1.165) is 38.0 Å². The fraction of sp³-hybridized carbons (Fsp3) is 0.321. The van der Waals surface area contributed by atoms with Gasteiger partial charge in [-0.3, -0.25) is 14.1 Å². The van der Waals surface area contributed by atoms with Gasteiger partial charge in [0, 0.05) is 37.4 Å². The van der Waals surface area contributed by atoms with E-state index in [1.165, 1.54) is 11.3 Å². The lowest BCUT2D eigenvalue weighted by Gasteiger charge is -2.27. The summed E-state index contributed by atoms with van der Waals surface area (Å²) in [6.45, 7) is 4.25. The van der Waals surface area contributed by atoms with Gasteiger partial charge in [-0.05, 0) is 56.5 Å². The predicted molar refractivity (Wildman–Crippen MR) is 159 cm³/mol. The highest BCUT2D eigenvalue weighted by Gasteiger charge is 2.21. The Morgan fingerprint density at radius 3 is 2.44 bits per heavy atom. The van der Waals surface area contributed by atoms with Crippen molar-refractivity contribution in [2.24, 2.45) is 10.2 Å². The van der Waals surface area contributed by atoms with E-state index >= 15 is 0 Å². The van der Waals surface area contributed by atoms with Crippen molar-refractivity contribution < 1.29 is 26.7 Å². The minimum absolute atomic E-state index is 0.0413. The molecule has 216 valence electrons. The molecule has 0 amide bonds. The van der Waals surface area contributed by atoms with Gasteiger partial charge in [-0.15, -0.1) is 10.2 Å². The first-order valence-electron chi connectivity index (χ1n) is 13.2. The van der Waals surface area contributed by atoms with E-state index in [1.54, 1.807) is 42.5 Å². The van der Waals surface area contributed by atoms with Gasteiger partial charge < -0.3 is 9.80 Å². The van der Waals surface area contributed by atoms with Gasteiger partial charge in [0.2, 0.25) is 5.13 Å². The SMILES string of the molecule is CCN(CCOS(=O)(=O)O)c1ccc(/N=N/c2nc(N3CCCCC3)c(/C=C(/C=O)C(=O)c3ccccc3)s2)cc1. The van der Waals surface area contributed by atoms with Crippen molar-refractivity contribution in [3.8, 4) is 0 Å². The molecule has 0 spiro atoms. The zero-order chi connectivity index (χ0) is 29.2. The summed E-state index contributed by atoms with van der Waals surface area (Å²) in [6.07, 6.45) is 5.37. The molecule has 0 atom stereocenters. The maximum atomic E-state index is 13.0. The quantitative estimate of drug-likeness (QED) is 0.0502. The second-order valence-electron chi connectivity index (χ2n) is 9.19. The van der Waals surface area contributed by atoms with E-state index in [9.17, 15) is 18.0 Å². The van der Waals surface area contributed by atoms with Gasteiger partial charge in [0.05, 0.1) is 22.7 Å². The summed E-state index contributed by atoms with van der Waals surface area (Å²) in [5.41, 5.74) is 1.88. The summed E-state index contributed by atoms with van der Waals surface area (Å²) in [5.74, 6) is 0.331. The molecule has 0 aliphatic carbocycles. The smallest absolute Gasteiger partial charge is 0.369 e. The maximum absolute atomic E-state index is 13.0. The Labute approximate surface area is 243 Å². The van der Waals surface area contributed by atoms with Crippen LogP contribution in [0.2, 0.25) is 0 Å². The van der Waals surface area contributed by atoms with Gasteiger partial charge in [-0.2, -0.15) is 13.4 Å². The highest BCUT2D eigenvalue weighted by molar-refractivity contribution is 7.80. The van der Waals surface area contributed by atoms with E-state index in [4.69, 9.17) is 9.54 Å². The molecule has 1 aliphatic heterocycles. The molecule has 13 heteroatoms. The summed E-state index contributed by atoms with van der Waals surface area (Å²) in [6, 6.07) is 15.9. The van der Waals surface area contributed by atoms with Crippen molar-refractivity contribution in [2.75, 3.05) is 42.6 Å². The molecule has 1 aromatic heterocycles. The van der Waals surface area contributed by atoms with Crippen molar-refractivity contribution in [3.05, 3.63) is 70.6 Å². The Kier molecular flexibility index (Phi) is 10.5. The van der Waals surface area contributed by atoms with Crippen LogP contribution in [0.4, 0.5) is 22.3 Å².